The zero-order chi connectivity index (χ0) is 15.4. The summed E-state index contributed by atoms with van der Waals surface area (Å²) in [4.78, 5) is 10.6. The first-order valence-corrected chi connectivity index (χ1v) is 6.65. The lowest BCUT2D eigenvalue weighted by Crippen LogP contribution is -2.08. The van der Waals surface area contributed by atoms with Crippen LogP contribution in [0.3, 0.4) is 0 Å². The highest BCUT2D eigenvalue weighted by molar-refractivity contribution is 5.58. The molecular formula is C14H18N4O3. The highest BCUT2D eigenvalue weighted by atomic mass is 16.6. The number of hydrogen-bond acceptors (Lipinski definition) is 5. The fourth-order valence-electron chi connectivity index (χ4n) is 1.87. The summed E-state index contributed by atoms with van der Waals surface area (Å²) in [5.41, 5.74) is 2.76. The van der Waals surface area contributed by atoms with Crippen molar-refractivity contribution in [2.45, 2.75) is 33.4 Å². The van der Waals surface area contributed by atoms with E-state index in [9.17, 15) is 10.1 Å². The standard InChI is InChI=1S/C14H18N4O3/c1-9(2)21-14-6-12(4-5-13(14)18(19)20)15-7-11-8-16-17-10(11)3/h4-6,8-9,15H,7H2,1-3H3,(H,16,17). The maximum Gasteiger partial charge on any atom is 0.311 e. The number of aromatic amines is 1. The van der Waals surface area contributed by atoms with Crippen molar-refractivity contribution in [1.82, 2.24) is 10.2 Å². The van der Waals surface area contributed by atoms with Gasteiger partial charge in [0, 0.05) is 35.6 Å². The van der Waals surface area contributed by atoms with E-state index in [1.165, 1.54) is 6.07 Å². The Morgan fingerprint density at radius 1 is 1.48 bits per heavy atom. The molecule has 2 rings (SSSR count). The first-order valence-electron chi connectivity index (χ1n) is 6.65. The summed E-state index contributed by atoms with van der Waals surface area (Å²) < 4.78 is 5.51. The van der Waals surface area contributed by atoms with Gasteiger partial charge in [-0.2, -0.15) is 5.10 Å². The third kappa shape index (κ3) is 3.71. The molecule has 1 aromatic carbocycles. The summed E-state index contributed by atoms with van der Waals surface area (Å²) in [7, 11) is 0. The smallest absolute Gasteiger partial charge is 0.311 e. The first-order chi connectivity index (χ1) is 9.97. The van der Waals surface area contributed by atoms with Gasteiger partial charge in [-0.25, -0.2) is 0 Å². The minimum absolute atomic E-state index is 0.0336. The lowest BCUT2D eigenvalue weighted by molar-refractivity contribution is -0.386. The summed E-state index contributed by atoms with van der Waals surface area (Å²) in [6.07, 6.45) is 1.62. The van der Waals surface area contributed by atoms with Gasteiger partial charge in [-0.05, 0) is 26.8 Å². The third-order valence-electron chi connectivity index (χ3n) is 2.94. The van der Waals surface area contributed by atoms with Crippen molar-refractivity contribution in [3.63, 3.8) is 0 Å². The minimum atomic E-state index is -0.443. The normalized spacial score (nSPS) is 10.7. The molecule has 0 atom stereocenters. The minimum Gasteiger partial charge on any atom is -0.484 e. The molecule has 1 heterocycles. The van der Waals surface area contributed by atoms with E-state index in [1.54, 1.807) is 18.3 Å². The van der Waals surface area contributed by atoms with Crippen molar-refractivity contribution >= 4 is 11.4 Å². The predicted molar refractivity (Wildman–Crippen MR) is 79.5 cm³/mol. The van der Waals surface area contributed by atoms with Gasteiger partial charge in [-0.15, -0.1) is 0 Å². The fraction of sp³-hybridized carbons (Fsp3) is 0.357. The molecule has 0 spiro atoms. The van der Waals surface area contributed by atoms with Crippen molar-refractivity contribution in [2.75, 3.05) is 5.32 Å². The number of benzene rings is 1. The van der Waals surface area contributed by atoms with E-state index in [4.69, 9.17) is 4.74 Å². The summed E-state index contributed by atoms with van der Waals surface area (Å²) in [5.74, 6) is 0.268. The summed E-state index contributed by atoms with van der Waals surface area (Å²) in [6, 6.07) is 4.76. The highest BCUT2D eigenvalue weighted by Gasteiger charge is 2.16. The zero-order valence-electron chi connectivity index (χ0n) is 12.2. The number of rotatable bonds is 6. The number of aryl methyl sites for hydroxylation is 1. The SMILES string of the molecule is Cc1[nH]ncc1CNc1ccc([N+](=O)[O-])c(OC(C)C)c1. The van der Waals surface area contributed by atoms with E-state index in [2.05, 4.69) is 15.5 Å². The van der Waals surface area contributed by atoms with E-state index < -0.39 is 4.92 Å². The number of H-pyrrole nitrogens is 1. The Labute approximate surface area is 122 Å². The Morgan fingerprint density at radius 2 is 2.24 bits per heavy atom. The zero-order valence-corrected chi connectivity index (χ0v) is 12.2. The first kappa shape index (κ1) is 14.8. The number of nitrogens with zero attached hydrogens (tertiary/aromatic N) is 2. The van der Waals surface area contributed by atoms with Crippen molar-refractivity contribution in [3.05, 3.63) is 45.8 Å². The number of aromatic nitrogens is 2. The second-order valence-corrected chi connectivity index (χ2v) is 4.98. The molecule has 0 aliphatic rings. The maximum absolute atomic E-state index is 11.0. The Kier molecular flexibility index (Phi) is 4.42. The lowest BCUT2D eigenvalue weighted by Gasteiger charge is -2.12. The molecule has 0 unspecified atom stereocenters. The van der Waals surface area contributed by atoms with Gasteiger partial charge < -0.3 is 10.1 Å². The average Bonchev–Trinajstić information content (AvgIpc) is 2.81. The van der Waals surface area contributed by atoms with Crippen LogP contribution >= 0.6 is 0 Å². The molecule has 7 nitrogen and oxygen atoms in total. The van der Waals surface area contributed by atoms with E-state index in [0.717, 1.165) is 16.9 Å². The maximum atomic E-state index is 11.0. The van der Waals surface area contributed by atoms with Crippen LogP contribution in [0.2, 0.25) is 0 Å². The van der Waals surface area contributed by atoms with Gasteiger partial charge >= 0.3 is 5.69 Å². The van der Waals surface area contributed by atoms with E-state index in [0.29, 0.717) is 6.54 Å². The quantitative estimate of drug-likeness (QED) is 0.630. The molecule has 0 bridgehead atoms. The second kappa shape index (κ2) is 6.25. The largest absolute Gasteiger partial charge is 0.484 e. The topological polar surface area (TPSA) is 93.1 Å². The number of anilines is 1. The number of nitro benzene ring substituents is 1. The lowest BCUT2D eigenvalue weighted by atomic mass is 10.2. The van der Waals surface area contributed by atoms with Gasteiger partial charge in [0.1, 0.15) is 0 Å². The molecule has 1 aromatic heterocycles. The van der Waals surface area contributed by atoms with Crippen molar-refractivity contribution in [3.8, 4) is 5.75 Å². The summed E-state index contributed by atoms with van der Waals surface area (Å²) in [6.45, 7) is 6.19. The van der Waals surface area contributed by atoms with Crippen LogP contribution in [0.5, 0.6) is 5.75 Å². The molecule has 2 N–H and O–H groups in total. The molecule has 0 saturated heterocycles. The Bertz CT molecular complexity index is 637. The Morgan fingerprint density at radius 3 is 2.81 bits per heavy atom. The van der Waals surface area contributed by atoms with Crippen LogP contribution in [0, 0.1) is 17.0 Å². The average molecular weight is 290 g/mol. The molecular weight excluding hydrogens is 272 g/mol. The molecule has 0 amide bonds. The number of ether oxygens (including phenoxy) is 1. The number of nitrogens with one attached hydrogen (secondary N) is 2. The molecule has 21 heavy (non-hydrogen) atoms. The highest BCUT2D eigenvalue weighted by Crippen LogP contribution is 2.31. The summed E-state index contributed by atoms with van der Waals surface area (Å²) >= 11 is 0. The molecule has 0 aliphatic carbocycles. The fourth-order valence-corrected chi connectivity index (χ4v) is 1.87. The van der Waals surface area contributed by atoms with Crippen LogP contribution in [0.15, 0.2) is 24.4 Å². The predicted octanol–water partition coefficient (Wildman–Crippen LogP) is 3.03. The van der Waals surface area contributed by atoms with Crippen molar-refractivity contribution in [1.29, 1.82) is 0 Å². The van der Waals surface area contributed by atoms with Crippen LogP contribution in [0.1, 0.15) is 25.1 Å². The van der Waals surface area contributed by atoms with E-state index in [-0.39, 0.29) is 17.5 Å². The molecule has 0 fully saturated rings. The van der Waals surface area contributed by atoms with Crippen LogP contribution in [-0.4, -0.2) is 21.2 Å². The van der Waals surface area contributed by atoms with Gasteiger partial charge in [-0.1, -0.05) is 0 Å². The van der Waals surface area contributed by atoms with Gasteiger partial charge in [0.25, 0.3) is 0 Å². The van der Waals surface area contributed by atoms with Crippen LogP contribution in [0.25, 0.3) is 0 Å². The third-order valence-corrected chi connectivity index (χ3v) is 2.94. The molecule has 7 heteroatoms. The van der Waals surface area contributed by atoms with E-state index in [1.807, 2.05) is 20.8 Å². The molecule has 0 radical (unpaired) electrons. The Balaban J connectivity index is 2.17. The van der Waals surface area contributed by atoms with Crippen molar-refractivity contribution < 1.29 is 9.66 Å². The van der Waals surface area contributed by atoms with Gasteiger partial charge in [-0.3, -0.25) is 15.2 Å². The molecule has 2 aromatic rings. The molecule has 0 aliphatic heterocycles. The second-order valence-electron chi connectivity index (χ2n) is 4.98. The van der Waals surface area contributed by atoms with Gasteiger partial charge in [0.15, 0.2) is 5.75 Å². The summed E-state index contributed by atoms with van der Waals surface area (Å²) in [5, 5.41) is 21.0. The number of nitro groups is 1. The van der Waals surface area contributed by atoms with Gasteiger partial charge in [0.2, 0.25) is 0 Å². The van der Waals surface area contributed by atoms with Crippen LogP contribution < -0.4 is 10.1 Å². The van der Waals surface area contributed by atoms with Crippen LogP contribution in [-0.2, 0) is 6.54 Å². The monoisotopic (exact) mass is 290 g/mol. The Hall–Kier alpha value is -2.57. The molecule has 0 saturated carbocycles. The van der Waals surface area contributed by atoms with Crippen LogP contribution in [0.4, 0.5) is 11.4 Å². The number of hydrogen-bond donors (Lipinski definition) is 2. The van der Waals surface area contributed by atoms with Gasteiger partial charge in [0.05, 0.1) is 17.2 Å². The van der Waals surface area contributed by atoms with Crippen molar-refractivity contribution in [2.24, 2.45) is 0 Å². The van der Waals surface area contributed by atoms with E-state index >= 15 is 0 Å². The molecule has 112 valence electrons.